The van der Waals surface area contributed by atoms with Crippen molar-refractivity contribution in [1.29, 1.82) is 0 Å². The largest absolute Gasteiger partial charge is 0.462 e. The number of hydrogen-bond acceptors (Lipinski definition) is 6. The van der Waals surface area contributed by atoms with E-state index in [2.05, 4.69) is 10.6 Å². The summed E-state index contributed by atoms with van der Waals surface area (Å²) in [5.74, 6) is -1.07. The lowest BCUT2D eigenvalue weighted by Gasteiger charge is -2.11. The standard InChI is InChI=1S/C21H20ClN3O5S/c1-2-3-11-30-20(27)17-13-15(8-9-18(17)22)23-21(31)24-19(26)10-7-14-5-4-6-16(12-14)25(28)29/h4-10,12-13H,2-3,11H2,1H3,(H2,23,24,26,31). The number of nitro benzene ring substituents is 1. The van der Waals surface area contributed by atoms with Crippen molar-refractivity contribution in [2.24, 2.45) is 0 Å². The lowest BCUT2D eigenvalue weighted by molar-refractivity contribution is -0.384. The summed E-state index contributed by atoms with van der Waals surface area (Å²) in [5, 5.41) is 16.3. The van der Waals surface area contributed by atoms with Crippen LogP contribution < -0.4 is 10.6 Å². The van der Waals surface area contributed by atoms with Crippen LogP contribution in [0, 0.1) is 10.1 Å². The van der Waals surface area contributed by atoms with Crippen LogP contribution in [-0.2, 0) is 9.53 Å². The van der Waals surface area contributed by atoms with Gasteiger partial charge in [0.2, 0.25) is 5.91 Å². The number of non-ortho nitro benzene ring substituents is 1. The molecule has 10 heteroatoms. The molecule has 0 radical (unpaired) electrons. The molecule has 1 amide bonds. The van der Waals surface area contributed by atoms with Gasteiger partial charge in [-0.15, -0.1) is 0 Å². The molecule has 0 aromatic heterocycles. The van der Waals surface area contributed by atoms with Gasteiger partial charge in [0.15, 0.2) is 5.11 Å². The van der Waals surface area contributed by atoms with Crippen LogP contribution in [-0.4, -0.2) is 28.5 Å². The van der Waals surface area contributed by atoms with Crippen molar-refractivity contribution in [3.63, 3.8) is 0 Å². The molecule has 0 fully saturated rings. The molecule has 2 rings (SSSR count). The summed E-state index contributed by atoms with van der Waals surface area (Å²) < 4.78 is 5.17. The van der Waals surface area contributed by atoms with Gasteiger partial charge >= 0.3 is 5.97 Å². The maximum absolute atomic E-state index is 12.2. The zero-order chi connectivity index (χ0) is 22.8. The Hall–Kier alpha value is -3.30. The number of benzene rings is 2. The number of esters is 1. The van der Waals surface area contributed by atoms with Crippen molar-refractivity contribution in [2.45, 2.75) is 19.8 Å². The van der Waals surface area contributed by atoms with Crippen LogP contribution in [0.25, 0.3) is 6.08 Å². The highest BCUT2D eigenvalue weighted by atomic mass is 35.5. The molecule has 0 saturated carbocycles. The first-order valence-corrected chi connectivity index (χ1v) is 10.1. The Balaban J connectivity index is 1.96. The lowest BCUT2D eigenvalue weighted by Crippen LogP contribution is -2.32. The fraction of sp³-hybridized carbons (Fsp3) is 0.190. The minimum Gasteiger partial charge on any atom is -0.462 e. The number of hydrogen-bond donors (Lipinski definition) is 2. The van der Waals surface area contributed by atoms with Crippen LogP contribution in [0.1, 0.15) is 35.7 Å². The van der Waals surface area contributed by atoms with Gasteiger partial charge in [0.1, 0.15) is 0 Å². The minimum absolute atomic E-state index is 0.00122. The number of nitrogens with zero attached hydrogens (tertiary/aromatic N) is 1. The number of nitro groups is 1. The normalized spacial score (nSPS) is 10.5. The molecule has 0 aliphatic rings. The highest BCUT2D eigenvalue weighted by Gasteiger charge is 2.13. The Bertz CT molecular complexity index is 1030. The molecule has 2 aromatic carbocycles. The van der Waals surface area contributed by atoms with Gasteiger partial charge in [-0.05, 0) is 48.5 Å². The summed E-state index contributed by atoms with van der Waals surface area (Å²) in [7, 11) is 0. The van der Waals surface area contributed by atoms with Crippen molar-refractivity contribution in [3.05, 3.63) is 74.8 Å². The summed E-state index contributed by atoms with van der Waals surface area (Å²) in [6.45, 7) is 2.29. The van der Waals surface area contributed by atoms with Crippen molar-refractivity contribution in [2.75, 3.05) is 11.9 Å². The number of thiocarbonyl (C=S) groups is 1. The molecule has 0 atom stereocenters. The zero-order valence-electron chi connectivity index (χ0n) is 16.6. The predicted molar refractivity (Wildman–Crippen MR) is 123 cm³/mol. The first-order valence-electron chi connectivity index (χ1n) is 9.31. The van der Waals surface area contributed by atoms with E-state index >= 15 is 0 Å². The van der Waals surface area contributed by atoms with Crippen LogP contribution >= 0.6 is 23.8 Å². The van der Waals surface area contributed by atoms with Crippen molar-refractivity contribution >= 4 is 58.3 Å². The fourth-order valence-corrected chi connectivity index (χ4v) is 2.79. The molecule has 0 unspecified atom stereocenters. The maximum Gasteiger partial charge on any atom is 0.339 e. The molecule has 0 aliphatic heterocycles. The molecule has 8 nitrogen and oxygen atoms in total. The van der Waals surface area contributed by atoms with Crippen LogP contribution in [0.3, 0.4) is 0 Å². The van der Waals surface area contributed by atoms with Crippen molar-refractivity contribution in [1.82, 2.24) is 5.32 Å². The topological polar surface area (TPSA) is 111 Å². The third-order valence-corrected chi connectivity index (χ3v) is 4.45. The number of carbonyl (C=O) groups is 2. The maximum atomic E-state index is 12.2. The summed E-state index contributed by atoms with van der Waals surface area (Å²) in [4.78, 5) is 34.5. The summed E-state index contributed by atoms with van der Waals surface area (Å²) >= 11 is 11.2. The molecule has 2 N–H and O–H groups in total. The van der Waals surface area contributed by atoms with Gasteiger partial charge in [-0.25, -0.2) is 4.79 Å². The first-order chi connectivity index (χ1) is 14.8. The highest BCUT2D eigenvalue weighted by Crippen LogP contribution is 2.21. The number of nitrogens with one attached hydrogen (secondary N) is 2. The van der Waals surface area contributed by atoms with Gasteiger partial charge < -0.3 is 10.1 Å². The average molecular weight is 462 g/mol. The van der Waals surface area contributed by atoms with E-state index in [0.29, 0.717) is 17.9 Å². The molecule has 0 heterocycles. The van der Waals surface area contributed by atoms with E-state index in [1.54, 1.807) is 12.1 Å². The molecule has 0 bridgehead atoms. The second-order valence-corrected chi connectivity index (χ2v) is 7.13. The third-order valence-electron chi connectivity index (χ3n) is 3.92. The number of rotatable bonds is 8. The molecule has 162 valence electrons. The van der Waals surface area contributed by atoms with Gasteiger partial charge in [0, 0.05) is 23.9 Å². The third kappa shape index (κ3) is 7.80. The summed E-state index contributed by atoms with van der Waals surface area (Å²) in [5.41, 5.74) is 1.04. The smallest absolute Gasteiger partial charge is 0.339 e. The van der Waals surface area contributed by atoms with Crippen LogP contribution in [0.2, 0.25) is 5.02 Å². The minimum atomic E-state index is -0.544. The summed E-state index contributed by atoms with van der Waals surface area (Å²) in [6.07, 6.45) is 4.27. The first kappa shape index (κ1) is 24.0. The lowest BCUT2D eigenvalue weighted by atomic mass is 10.2. The Morgan fingerprint density at radius 3 is 2.74 bits per heavy atom. The second kappa shape index (κ2) is 11.8. The average Bonchev–Trinajstić information content (AvgIpc) is 2.73. The monoisotopic (exact) mass is 461 g/mol. The van der Waals surface area contributed by atoms with Gasteiger partial charge in [0.25, 0.3) is 5.69 Å². The van der Waals surface area contributed by atoms with Crippen LogP contribution in [0.15, 0.2) is 48.5 Å². The Morgan fingerprint density at radius 2 is 2.03 bits per heavy atom. The number of ether oxygens (including phenoxy) is 1. The number of anilines is 1. The molecule has 2 aromatic rings. The van der Waals surface area contributed by atoms with E-state index in [4.69, 9.17) is 28.6 Å². The second-order valence-electron chi connectivity index (χ2n) is 6.31. The van der Waals surface area contributed by atoms with Gasteiger partial charge in [-0.2, -0.15) is 0 Å². The van der Waals surface area contributed by atoms with Gasteiger partial charge in [0.05, 0.1) is 22.1 Å². The number of amides is 1. The Kier molecular flexibility index (Phi) is 9.11. The Morgan fingerprint density at radius 1 is 1.26 bits per heavy atom. The van der Waals surface area contributed by atoms with E-state index in [0.717, 1.165) is 12.8 Å². The predicted octanol–water partition coefficient (Wildman–Crippen LogP) is 4.73. The number of unbranched alkanes of at least 4 members (excludes halogenated alkanes) is 1. The zero-order valence-corrected chi connectivity index (χ0v) is 18.2. The van der Waals surface area contributed by atoms with Crippen molar-refractivity contribution in [3.8, 4) is 0 Å². The SMILES string of the molecule is CCCCOC(=O)c1cc(NC(=S)NC(=O)C=Cc2cccc([N+](=O)[O-])c2)ccc1Cl. The van der Waals surface area contributed by atoms with E-state index in [-0.39, 0.29) is 21.4 Å². The van der Waals surface area contributed by atoms with E-state index < -0.39 is 16.8 Å². The van der Waals surface area contributed by atoms with E-state index in [9.17, 15) is 19.7 Å². The molecule has 0 spiro atoms. The molecule has 0 saturated heterocycles. The van der Waals surface area contributed by atoms with Crippen molar-refractivity contribution < 1.29 is 19.2 Å². The van der Waals surface area contributed by atoms with E-state index in [1.807, 2.05) is 6.92 Å². The Labute approximate surface area is 189 Å². The van der Waals surface area contributed by atoms with Gasteiger partial charge in [-0.1, -0.05) is 37.1 Å². The fourth-order valence-electron chi connectivity index (χ4n) is 2.38. The summed E-state index contributed by atoms with van der Waals surface area (Å²) in [6, 6.07) is 10.4. The molecule has 0 aliphatic carbocycles. The molecule has 31 heavy (non-hydrogen) atoms. The number of halogens is 1. The van der Waals surface area contributed by atoms with Gasteiger partial charge in [-0.3, -0.25) is 20.2 Å². The quantitative estimate of drug-likeness (QED) is 0.146. The number of carbonyl (C=O) groups excluding carboxylic acids is 2. The highest BCUT2D eigenvalue weighted by molar-refractivity contribution is 7.80. The van der Waals surface area contributed by atoms with Crippen LogP contribution in [0.4, 0.5) is 11.4 Å². The molecular weight excluding hydrogens is 442 g/mol. The van der Waals surface area contributed by atoms with Crippen LogP contribution in [0.5, 0.6) is 0 Å². The molecular formula is C21H20ClN3O5S. The van der Waals surface area contributed by atoms with E-state index in [1.165, 1.54) is 42.5 Å².